The molecule has 126 valence electrons. The van der Waals surface area contributed by atoms with E-state index in [1.807, 2.05) is 6.92 Å². The summed E-state index contributed by atoms with van der Waals surface area (Å²) in [7, 11) is 0. The molecule has 2 aromatic rings. The molecule has 5 nitrogen and oxygen atoms in total. The van der Waals surface area contributed by atoms with Crippen molar-refractivity contribution in [1.29, 1.82) is 0 Å². The molecule has 2 heterocycles. The highest BCUT2D eigenvalue weighted by molar-refractivity contribution is 8.02. The fourth-order valence-electron chi connectivity index (χ4n) is 2.51. The summed E-state index contributed by atoms with van der Waals surface area (Å²) in [6.45, 7) is 2.33. The van der Waals surface area contributed by atoms with Gasteiger partial charge in [0.15, 0.2) is 4.34 Å². The van der Waals surface area contributed by atoms with Crippen LogP contribution in [0, 0.1) is 6.92 Å². The lowest BCUT2D eigenvalue weighted by molar-refractivity contribution is -0.127. The molecule has 1 fully saturated rings. The molecular weight excluding hydrogens is 366 g/mol. The molecule has 1 aromatic heterocycles. The minimum atomic E-state index is -0.295. The molecule has 8 heteroatoms. The number of carbonyl (C=O) groups excluding carboxylic acids is 2. The maximum absolute atomic E-state index is 12.9. The van der Waals surface area contributed by atoms with Crippen LogP contribution in [-0.4, -0.2) is 38.7 Å². The normalized spacial score (nSPS) is 18.5. The summed E-state index contributed by atoms with van der Waals surface area (Å²) >= 11 is 8.74. The van der Waals surface area contributed by atoms with Crippen molar-refractivity contribution in [2.75, 3.05) is 6.54 Å². The third-order valence-corrected chi connectivity index (χ3v) is 6.16. The number of hydrogen-bond acceptors (Lipinski definition) is 6. The van der Waals surface area contributed by atoms with Gasteiger partial charge in [-0.25, -0.2) is 0 Å². The van der Waals surface area contributed by atoms with Crippen molar-refractivity contribution in [3.05, 3.63) is 39.9 Å². The Balaban J connectivity index is 1.78. The molecule has 1 saturated heterocycles. The van der Waals surface area contributed by atoms with E-state index >= 15 is 0 Å². The Morgan fingerprint density at radius 1 is 1.29 bits per heavy atom. The number of carbonyl (C=O) groups is 2. The highest BCUT2D eigenvalue weighted by Gasteiger charge is 2.32. The number of thioether (sulfide) groups is 1. The first-order valence-corrected chi connectivity index (χ1v) is 9.70. The molecule has 1 aliphatic heterocycles. The predicted octanol–water partition coefficient (Wildman–Crippen LogP) is 3.81. The number of likely N-dealkylation sites (tertiary alicyclic amines) is 1. The highest BCUT2D eigenvalue weighted by atomic mass is 35.5. The van der Waals surface area contributed by atoms with E-state index in [2.05, 4.69) is 10.2 Å². The predicted molar refractivity (Wildman–Crippen MR) is 95.6 cm³/mol. The maximum atomic E-state index is 12.9. The van der Waals surface area contributed by atoms with Gasteiger partial charge in [0.1, 0.15) is 5.01 Å². The molecule has 0 saturated carbocycles. The number of nitrogens with zero attached hydrogens (tertiary/aromatic N) is 3. The Bertz CT molecular complexity index is 748. The van der Waals surface area contributed by atoms with Gasteiger partial charge < -0.3 is 0 Å². The number of aryl methyl sites for hydroxylation is 1. The Kier molecular flexibility index (Phi) is 5.53. The Morgan fingerprint density at radius 3 is 2.71 bits per heavy atom. The van der Waals surface area contributed by atoms with Gasteiger partial charge in [-0.3, -0.25) is 14.5 Å². The molecule has 2 amide bonds. The Hall–Kier alpha value is -1.44. The van der Waals surface area contributed by atoms with Gasteiger partial charge in [-0.05, 0) is 44.0 Å². The molecule has 3 rings (SSSR count). The van der Waals surface area contributed by atoms with Crippen molar-refractivity contribution in [3.63, 3.8) is 0 Å². The van der Waals surface area contributed by atoms with E-state index in [0.29, 0.717) is 17.1 Å². The van der Waals surface area contributed by atoms with Gasteiger partial charge in [-0.1, -0.05) is 41.1 Å². The molecule has 0 bridgehead atoms. The third-order valence-electron chi connectivity index (χ3n) is 3.73. The van der Waals surface area contributed by atoms with E-state index in [1.165, 1.54) is 28.0 Å². The summed E-state index contributed by atoms with van der Waals surface area (Å²) in [5.74, 6) is -0.414. The number of aromatic nitrogens is 2. The summed E-state index contributed by atoms with van der Waals surface area (Å²) in [6, 6.07) is 6.62. The van der Waals surface area contributed by atoms with Gasteiger partial charge in [0, 0.05) is 17.1 Å². The number of benzene rings is 1. The monoisotopic (exact) mass is 381 g/mol. The summed E-state index contributed by atoms with van der Waals surface area (Å²) in [4.78, 5) is 26.9. The largest absolute Gasteiger partial charge is 0.278 e. The number of hydrogen-bond donors (Lipinski definition) is 0. The second kappa shape index (κ2) is 7.63. The third kappa shape index (κ3) is 3.96. The van der Waals surface area contributed by atoms with Crippen molar-refractivity contribution in [2.24, 2.45) is 0 Å². The first kappa shape index (κ1) is 17.4. The molecule has 1 aliphatic rings. The first-order chi connectivity index (χ1) is 11.5. The fraction of sp³-hybridized carbons (Fsp3) is 0.375. The lowest BCUT2D eigenvalue weighted by Crippen LogP contribution is -2.41. The molecule has 0 unspecified atom stereocenters. The number of halogens is 1. The minimum Gasteiger partial charge on any atom is -0.278 e. The van der Waals surface area contributed by atoms with Crippen LogP contribution in [0.5, 0.6) is 0 Å². The molecule has 1 aromatic carbocycles. The topological polar surface area (TPSA) is 63.2 Å². The summed E-state index contributed by atoms with van der Waals surface area (Å²) < 4.78 is 0.770. The lowest BCUT2D eigenvalue weighted by atomic mass is 10.2. The van der Waals surface area contributed by atoms with Crippen LogP contribution in [-0.2, 0) is 4.79 Å². The smallest absolute Gasteiger partial charge is 0.260 e. The van der Waals surface area contributed by atoms with E-state index < -0.39 is 0 Å². The van der Waals surface area contributed by atoms with Crippen molar-refractivity contribution < 1.29 is 9.59 Å². The number of rotatable bonds is 3. The van der Waals surface area contributed by atoms with Gasteiger partial charge in [-0.2, -0.15) is 0 Å². The van der Waals surface area contributed by atoms with Crippen LogP contribution in [0.4, 0.5) is 0 Å². The molecule has 0 spiro atoms. The SMILES string of the molecule is Cc1nnc(S[C@H]2CCCCN(C(=O)c3ccc(Cl)cc3)C2=O)s1. The van der Waals surface area contributed by atoms with Crippen molar-refractivity contribution in [3.8, 4) is 0 Å². The highest BCUT2D eigenvalue weighted by Crippen LogP contribution is 2.32. The Labute approximate surface area is 153 Å². The minimum absolute atomic E-state index is 0.148. The Morgan fingerprint density at radius 2 is 2.04 bits per heavy atom. The lowest BCUT2D eigenvalue weighted by Gasteiger charge is -2.22. The van der Waals surface area contributed by atoms with Crippen LogP contribution in [0.15, 0.2) is 28.6 Å². The van der Waals surface area contributed by atoms with Crippen molar-refractivity contribution >= 4 is 46.5 Å². The van der Waals surface area contributed by atoms with Gasteiger partial charge in [0.25, 0.3) is 5.91 Å². The van der Waals surface area contributed by atoms with E-state index in [0.717, 1.165) is 28.6 Å². The van der Waals surface area contributed by atoms with E-state index in [4.69, 9.17) is 11.6 Å². The van der Waals surface area contributed by atoms with Gasteiger partial charge >= 0.3 is 0 Å². The van der Waals surface area contributed by atoms with E-state index in [-0.39, 0.29) is 17.1 Å². The van der Waals surface area contributed by atoms with Gasteiger partial charge in [0.2, 0.25) is 5.91 Å². The van der Waals surface area contributed by atoms with Gasteiger partial charge in [-0.15, -0.1) is 10.2 Å². The summed E-state index contributed by atoms with van der Waals surface area (Å²) in [5, 5.41) is 9.19. The standard InChI is InChI=1S/C16H16ClN3O2S2/c1-10-18-19-16(23-10)24-13-4-2-3-9-20(15(13)22)14(21)11-5-7-12(17)8-6-11/h5-8,13H,2-4,9H2,1H3/t13-/m0/s1. The van der Waals surface area contributed by atoms with Crippen LogP contribution in [0.3, 0.4) is 0 Å². The molecule has 1 atom stereocenters. The zero-order valence-electron chi connectivity index (χ0n) is 13.1. The second-order valence-corrected chi connectivity index (χ2v) is 8.56. The van der Waals surface area contributed by atoms with Crippen LogP contribution in [0.25, 0.3) is 0 Å². The summed E-state index contributed by atoms with van der Waals surface area (Å²) in [6.07, 6.45) is 2.47. The molecular formula is C16H16ClN3O2S2. The van der Waals surface area contributed by atoms with Crippen LogP contribution < -0.4 is 0 Å². The van der Waals surface area contributed by atoms with E-state index in [1.54, 1.807) is 24.3 Å². The van der Waals surface area contributed by atoms with Crippen LogP contribution in [0.1, 0.15) is 34.6 Å². The zero-order chi connectivity index (χ0) is 17.1. The molecule has 0 radical (unpaired) electrons. The molecule has 0 N–H and O–H groups in total. The van der Waals surface area contributed by atoms with Crippen LogP contribution in [0.2, 0.25) is 5.02 Å². The molecule has 24 heavy (non-hydrogen) atoms. The van der Waals surface area contributed by atoms with E-state index in [9.17, 15) is 9.59 Å². The molecule has 0 aliphatic carbocycles. The summed E-state index contributed by atoms with van der Waals surface area (Å²) in [5.41, 5.74) is 0.477. The zero-order valence-corrected chi connectivity index (χ0v) is 15.5. The van der Waals surface area contributed by atoms with Crippen molar-refractivity contribution in [1.82, 2.24) is 15.1 Å². The van der Waals surface area contributed by atoms with Crippen molar-refractivity contribution in [2.45, 2.75) is 35.8 Å². The average Bonchev–Trinajstić information content (AvgIpc) is 2.89. The average molecular weight is 382 g/mol. The fourth-order valence-corrected chi connectivity index (χ4v) is 4.80. The van der Waals surface area contributed by atoms with Crippen LogP contribution >= 0.6 is 34.7 Å². The maximum Gasteiger partial charge on any atom is 0.260 e. The quantitative estimate of drug-likeness (QED) is 0.756. The number of amides is 2. The number of imide groups is 1. The second-order valence-electron chi connectivity index (χ2n) is 5.49. The first-order valence-electron chi connectivity index (χ1n) is 7.62. The van der Waals surface area contributed by atoms with Gasteiger partial charge in [0.05, 0.1) is 5.25 Å².